The van der Waals surface area contributed by atoms with Crippen LogP contribution in [0.1, 0.15) is 0 Å². The average molecular weight is 178 g/mol. The standard InChI is InChI=1S/C7H14O5/c1-11-7-4(9)3-12-5(2-8)6(7)10/h4-10H,2-3H2,1H3/t4-,5+,6-,7+/m0/s1. The molecule has 0 aromatic heterocycles. The van der Waals surface area contributed by atoms with Crippen molar-refractivity contribution in [3.8, 4) is 0 Å². The largest absolute Gasteiger partial charge is 0.394 e. The molecule has 0 saturated carbocycles. The fourth-order valence-electron chi connectivity index (χ4n) is 1.31. The van der Waals surface area contributed by atoms with Crippen LogP contribution < -0.4 is 0 Å². The first-order valence-electron chi connectivity index (χ1n) is 3.82. The molecular formula is C7H14O5. The van der Waals surface area contributed by atoms with E-state index in [2.05, 4.69) is 0 Å². The van der Waals surface area contributed by atoms with Gasteiger partial charge in [-0.25, -0.2) is 0 Å². The molecule has 5 heteroatoms. The molecule has 1 aliphatic heterocycles. The molecule has 1 aliphatic rings. The Morgan fingerprint density at radius 2 is 2.17 bits per heavy atom. The lowest BCUT2D eigenvalue weighted by atomic mass is 10.0. The summed E-state index contributed by atoms with van der Waals surface area (Å²) in [6.07, 6.45) is -3.12. The molecule has 0 unspecified atom stereocenters. The Kier molecular flexibility index (Phi) is 3.42. The van der Waals surface area contributed by atoms with E-state index in [1.165, 1.54) is 7.11 Å². The maximum atomic E-state index is 9.43. The first-order chi connectivity index (χ1) is 5.70. The molecule has 3 N–H and O–H groups in total. The van der Waals surface area contributed by atoms with Gasteiger partial charge in [-0.2, -0.15) is 0 Å². The van der Waals surface area contributed by atoms with Gasteiger partial charge in [0, 0.05) is 7.11 Å². The Morgan fingerprint density at radius 3 is 2.67 bits per heavy atom. The van der Waals surface area contributed by atoms with E-state index in [1.54, 1.807) is 0 Å². The quantitative estimate of drug-likeness (QED) is 0.461. The Morgan fingerprint density at radius 1 is 1.50 bits per heavy atom. The van der Waals surface area contributed by atoms with Gasteiger partial charge in [-0.05, 0) is 0 Å². The molecule has 0 aromatic carbocycles. The third-order valence-electron chi connectivity index (χ3n) is 2.03. The molecule has 1 rings (SSSR count). The van der Waals surface area contributed by atoms with Gasteiger partial charge in [0.05, 0.1) is 13.2 Å². The molecule has 0 aliphatic carbocycles. The number of rotatable bonds is 2. The van der Waals surface area contributed by atoms with E-state index in [0.717, 1.165) is 0 Å². The van der Waals surface area contributed by atoms with Gasteiger partial charge in [0.25, 0.3) is 0 Å². The average Bonchev–Trinajstić information content (AvgIpc) is 2.06. The fraction of sp³-hybridized carbons (Fsp3) is 1.00. The summed E-state index contributed by atoms with van der Waals surface area (Å²) in [6.45, 7) is -0.186. The summed E-state index contributed by atoms with van der Waals surface area (Å²) in [5.41, 5.74) is 0. The van der Waals surface area contributed by atoms with Crippen LogP contribution in [-0.2, 0) is 9.47 Å². The zero-order chi connectivity index (χ0) is 9.14. The SMILES string of the molecule is CO[C@H]1[C@@H](O)[C@@H](CO)OC[C@@H]1O. The van der Waals surface area contributed by atoms with Crippen molar-refractivity contribution in [3.63, 3.8) is 0 Å². The summed E-state index contributed by atoms with van der Waals surface area (Å²) < 4.78 is 9.81. The Balaban J connectivity index is 2.56. The highest BCUT2D eigenvalue weighted by atomic mass is 16.6. The van der Waals surface area contributed by atoms with Gasteiger partial charge in [0.15, 0.2) is 0 Å². The summed E-state index contributed by atoms with van der Waals surface area (Å²) in [6, 6.07) is 0. The summed E-state index contributed by atoms with van der Waals surface area (Å²) in [5.74, 6) is 0. The normalized spacial score (nSPS) is 43.0. The van der Waals surface area contributed by atoms with Crippen molar-refractivity contribution in [2.45, 2.75) is 24.4 Å². The third kappa shape index (κ3) is 1.75. The van der Waals surface area contributed by atoms with Crippen LogP contribution in [0.3, 0.4) is 0 Å². The minimum Gasteiger partial charge on any atom is -0.394 e. The van der Waals surface area contributed by atoms with Crippen LogP contribution in [0.2, 0.25) is 0 Å². The number of ether oxygens (including phenoxy) is 2. The lowest BCUT2D eigenvalue weighted by Crippen LogP contribution is -2.54. The molecule has 72 valence electrons. The number of aliphatic hydroxyl groups excluding tert-OH is 3. The Labute approximate surface area is 70.5 Å². The van der Waals surface area contributed by atoms with Crippen LogP contribution >= 0.6 is 0 Å². The van der Waals surface area contributed by atoms with Crippen molar-refractivity contribution in [2.24, 2.45) is 0 Å². The van der Waals surface area contributed by atoms with Crippen LogP contribution in [0.5, 0.6) is 0 Å². The van der Waals surface area contributed by atoms with E-state index >= 15 is 0 Å². The van der Waals surface area contributed by atoms with Crippen LogP contribution in [0.4, 0.5) is 0 Å². The lowest BCUT2D eigenvalue weighted by molar-refractivity contribution is -0.203. The molecule has 0 spiro atoms. The first-order valence-corrected chi connectivity index (χ1v) is 3.82. The fourth-order valence-corrected chi connectivity index (χ4v) is 1.31. The maximum absolute atomic E-state index is 9.43. The summed E-state index contributed by atoms with van der Waals surface area (Å²) >= 11 is 0. The van der Waals surface area contributed by atoms with E-state index in [4.69, 9.17) is 14.6 Å². The molecule has 0 aromatic rings. The zero-order valence-electron chi connectivity index (χ0n) is 6.88. The minimum atomic E-state index is -0.969. The van der Waals surface area contributed by atoms with Crippen LogP contribution in [0.15, 0.2) is 0 Å². The van der Waals surface area contributed by atoms with Crippen molar-refractivity contribution in [3.05, 3.63) is 0 Å². The predicted octanol–water partition coefficient (Wildman–Crippen LogP) is -1.89. The van der Waals surface area contributed by atoms with Gasteiger partial charge in [0.1, 0.15) is 24.4 Å². The smallest absolute Gasteiger partial charge is 0.114 e. The number of hydrogen-bond donors (Lipinski definition) is 3. The highest BCUT2D eigenvalue weighted by Gasteiger charge is 2.38. The predicted molar refractivity (Wildman–Crippen MR) is 39.6 cm³/mol. The molecule has 5 nitrogen and oxygen atoms in total. The molecule has 0 bridgehead atoms. The molecule has 0 radical (unpaired) electrons. The monoisotopic (exact) mass is 178 g/mol. The van der Waals surface area contributed by atoms with Crippen LogP contribution in [0.25, 0.3) is 0 Å². The van der Waals surface area contributed by atoms with Crippen LogP contribution in [-0.4, -0.2) is 60.1 Å². The van der Waals surface area contributed by atoms with E-state index in [0.29, 0.717) is 0 Å². The van der Waals surface area contributed by atoms with Gasteiger partial charge in [0.2, 0.25) is 0 Å². The summed E-state index contributed by atoms with van der Waals surface area (Å²) in [7, 11) is 1.40. The van der Waals surface area contributed by atoms with Crippen molar-refractivity contribution in [1.82, 2.24) is 0 Å². The van der Waals surface area contributed by atoms with E-state index in [9.17, 15) is 10.2 Å². The second kappa shape index (κ2) is 4.15. The van der Waals surface area contributed by atoms with Crippen LogP contribution in [0, 0.1) is 0 Å². The van der Waals surface area contributed by atoms with Crippen molar-refractivity contribution in [2.75, 3.05) is 20.3 Å². The molecule has 1 fully saturated rings. The van der Waals surface area contributed by atoms with Crippen molar-refractivity contribution in [1.29, 1.82) is 0 Å². The molecule has 4 atom stereocenters. The minimum absolute atomic E-state index is 0.0841. The molecule has 1 heterocycles. The molecule has 0 amide bonds. The van der Waals surface area contributed by atoms with Crippen molar-refractivity contribution >= 4 is 0 Å². The Hall–Kier alpha value is -0.200. The Bertz CT molecular complexity index is 140. The molecule has 12 heavy (non-hydrogen) atoms. The second-order valence-corrected chi connectivity index (χ2v) is 2.81. The molecular weight excluding hydrogens is 164 g/mol. The van der Waals surface area contributed by atoms with E-state index in [-0.39, 0.29) is 13.2 Å². The van der Waals surface area contributed by atoms with Gasteiger partial charge in [-0.15, -0.1) is 0 Å². The highest BCUT2D eigenvalue weighted by Crippen LogP contribution is 2.17. The summed E-state index contributed by atoms with van der Waals surface area (Å²) in [5, 5.41) is 27.4. The number of methoxy groups -OCH3 is 1. The lowest BCUT2D eigenvalue weighted by Gasteiger charge is -2.36. The van der Waals surface area contributed by atoms with Crippen molar-refractivity contribution < 1.29 is 24.8 Å². The first kappa shape index (κ1) is 9.88. The van der Waals surface area contributed by atoms with Gasteiger partial charge in [-0.1, -0.05) is 0 Å². The number of aliphatic hydroxyl groups is 3. The van der Waals surface area contributed by atoms with Gasteiger partial charge < -0.3 is 24.8 Å². The third-order valence-corrected chi connectivity index (χ3v) is 2.03. The van der Waals surface area contributed by atoms with Gasteiger partial charge in [-0.3, -0.25) is 0 Å². The zero-order valence-corrected chi connectivity index (χ0v) is 6.88. The number of hydrogen-bond acceptors (Lipinski definition) is 5. The van der Waals surface area contributed by atoms with Gasteiger partial charge >= 0.3 is 0 Å². The maximum Gasteiger partial charge on any atom is 0.114 e. The molecule has 1 saturated heterocycles. The topological polar surface area (TPSA) is 79.2 Å². The second-order valence-electron chi connectivity index (χ2n) is 2.81. The highest BCUT2D eigenvalue weighted by molar-refractivity contribution is 4.87. The van der Waals surface area contributed by atoms with E-state index < -0.39 is 24.4 Å². The summed E-state index contributed by atoms with van der Waals surface area (Å²) in [4.78, 5) is 0. The van der Waals surface area contributed by atoms with E-state index in [1.807, 2.05) is 0 Å².